The van der Waals surface area contributed by atoms with E-state index in [2.05, 4.69) is 41.4 Å². The molecule has 4 heteroatoms. The smallest absolute Gasteiger partial charge is 0.310 e. The summed E-state index contributed by atoms with van der Waals surface area (Å²) >= 11 is 0. The van der Waals surface area contributed by atoms with Crippen molar-refractivity contribution in [2.75, 3.05) is 26.7 Å². The van der Waals surface area contributed by atoms with Gasteiger partial charge in [0.1, 0.15) is 0 Å². The van der Waals surface area contributed by atoms with Crippen LogP contribution in [0.15, 0.2) is 30.3 Å². The van der Waals surface area contributed by atoms with Gasteiger partial charge in [0, 0.05) is 25.7 Å². The van der Waals surface area contributed by atoms with Crippen LogP contribution in [0.3, 0.4) is 0 Å². The number of ether oxygens (including phenoxy) is 1. The topological polar surface area (TPSA) is 41.6 Å². The van der Waals surface area contributed by atoms with Crippen molar-refractivity contribution in [3.63, 3.8) is 0 Å². The largest absolute Gasteiger partial charge is 0.469 e. The van der Waals surface area contributed by atoms with E-state index in [-0.39, 0.29) is 11.9 Å². The van der Waals surface area contributed by atoms with Gasteiger partial charge >= 0.3 is 5.97 Å². The molecule has 1 fully saturated rings. The zero-order valence-electron chi connectivity index (χ0n) is 13.8. The lowest BCUT2D eigenvalue weighted by atomic mass is 9.93. The Hall–Kier alpha value is -1.39. The monoisotopic (exact) mass is 304 g/mol. The van der Waals surface area contributed by atoms with Crippen LogP contribution in [-0.2, 0) is 16.1 Å². The number of hydrogen-bond donors (Lipinski definition) is 1. The van der Waals surface area contributed by atoms with E-state index in [4.69, 9.17) is 4.74 Å². The summed E-state index contributed by atoms with van der Waals surface area (Å²) in [5, 5.41) is 3.60. The van der Waals surface area contributed by atoms with Gasteiger partial charge in [-0.3, -0.25) is 4.79 Å². The van der Waals surface area contributed by atoms with Crippen LogP contribution in [-0.4, -0.2) is 43.7 Å². The number of methoxy groups -OCH3 is 1. The first-order valence-electron chi connectivity index (χ1n) is 8.30. The second kappa shape index (κ2) is 8.91. The van der Waals surface area contributed by atoms with Crippen LogP contribution in [0, 0.1) is 5.92 Å². The first kappa shape index (κ1) is 17.0. The van der Waals surface area contributed by atoms with Crippen LogP contribution in [0.5, 0.6) is 0 Å². The number of hydrogen-bond acceptors (Lipinski definition) is 4. The Morgan fingerprint density at radius 3 is 2.77 bits per heavy atom. The van der Waals surface area contributed by atoms with Gasteiger partial charge in [0.2, 0.25) is 0 Å². The minimum absolute atomic E-state index is 0.0103. The molecule has 0 radical (unpaired) electrons. The standard InChI is InChI=1S/C18H28N2O2/c1-3-4-10-20-13-16(18(21)22-2)11-17(14-20)19-12-15-8-6-5-7-9-15/h5-9,16-17,19H,3-4,10-14H2,1-2H3. The van der Waals surface area contributed by atoms with E-state index in [0.717, 1.165) is 32.6 Å². The van der Waals surface area contributed by atoms with Gasteiger partial charge in [-0.15, -0.1) is 0 Å². The third-order valence-electron chi connectivity index (χ3n) is 4.33. The fourth-order valence-electron chi connectivity index (χ4n) is 3.10. The number of nitrogens with one attached hydrogen (secondary N) is 1. The van der Waals surface area contributed by atoms with Crippen LogP contribution in [0.25, 0.3) is 0 Å². The SMILES string of the molecule is CCCCN1CC(NCc2ccccc2)CC(C(=O)OC)C1. The molecule has 1 N–H and O–H groups in total. The maximum absolute atomic E-state index is 11.9. The predicted octanol–water partition coefficient (Wildman–Crippen LogP) is 2.44. The summed E-state index contributed by atoms with van der Waals surface area (Å²) in [6.45, 7) is 5.96. The Morgan fingerprint density at radius 2 is 2.09 bits per heavy atom. The molecule has 0 aliphatic carbocycles. The quantitative estimate of drug-likeness (QED) is 0.786. The minimum Gasteiger partial charge on any atom is -0.469 e. The van der Waals surface area contributed by atoms with E-state index in [0.29, 0.717) is 6.04 Å². The van der Waals surface area contributed by atoms with Gasteiger partial charge in [0.05, 0.1) is 13.0 Å². The maximum Gasteiger partial charge on any atom is 0.310 e. The molecule has 1 aromatic rings. The summed E-state index contributed by atoms with van der Waals surface area (Å²) in [5.41, 5.74) is 1.28. The van der Waals surface area contributed by atoms with E-state index in [1.165, 1.54) is 25.5 Å². The van der Waals surface area contributed by atoms with E-state index < -0.39 is 0 Å². The highest BCUT2D eigenvalue weighted by Gasteiger charge is 2.31. The zero-order valence-corrected chi connectivity index (χ0v) is 13.8. The molecule has 0 spiro atoms. The van der Waals surface area contributed by atoms with E-state index >= 15 is 0 Å². The molecule has 2 atom stereocenters. The van der Waals surface area contributed by atoms with E-state index in [9.17, 15) is 4.79 Å². The van der Waals surface area contributed by atoms with Gasteiger partial charge in [-0.05, 0) is 24.9 Å². The van der Waals surface area contributed by atoms with Gasteiger partial charge in [0.15, 0.2) is 0 Å². The Kier molecular flexibility index (Phi) is 6.87. The second-order valence-electron chi connectivity index (χ2n) is 6.13. The Bertz CT molecular complexity index is 450. The molecular formula is C18H28N2O2. The molecule has 1 heterocycles. The van der Waals surface area contributed by atoms with E-state index in [1.54, 1.807) is 0 Å². The molecule has 1 aliphatic rings. The number of piperidine rings is 1. The van der Waals surface area contributed by atoms with Crippen molar-refractivity contribution in [3.05, 3.63) is 35.9 Å². The van der Waals surface area contributed by atoms with Crippen molar-refractivity contribution in [2.24, 2.45) is 5.92 Å². The van der Waals surface area contributed by atoms with E-state index in [1.807, 2.05) is 6.07 Å². The molecule has 0 aromatic heterocycles. The Balaban J connectivity index is 1.91. The number of unbranched alkanes of at least 4 members (excludes halogenated alkanes) is 1. The highest BCUT2D eigenvalue weighted by atomic mass is 16.5. The Labute approximate surface area is 133 Å². The fourth-order valence-corrected chi connectivity index (χ4v) is 3.10. The summed E-state index contributed by atoms with van der Waals surface area (Å²) in [6.07, 6.45) is 3.23. The lowest BCUT2D eigenvalue weighted by Gasteiger charge is -2.37. The van der Waals surface area contributed by atoms with Crippen molar-refractivity contribution in [3.8, 4) is 0 Å². The average Bonchev–Trinajstić information content (AvgIpc) is 2.58. The molecule has 0 bridgehead atoms. The first-order valence-corrected chi connectivity index (χ1v) is 8.30. The molecule has 0 amide bonds. The normalized spacial score (nSPS) is 22.5. The van der Waals surface area contributed by atoms with Crippen LogP contribution in [0.1, 0.15) is 31.7 Å². The number of likely N-dealkylation sites (tertiary alicyclic amines) is 1. The Morgan fingerprint density at radius 1 is 1.32 bits per heavy atom. The summed E-state index contributed by atoms with van der Waals surface area (Å²) in [5.74, 6) is -0.0865. The summed E-state index contributed by atoms with van der Waals surface area (Å²) in [6, 6.07) is 10.7. The van der Waals surface area contributed by atoms with Crippen molar-refractivity contribution < 1.29 is 9.53 Å². The lowest BCUT2D eigenvalue weighted by Crippen LogP contribution is -2.51. The van der Waals surface area contributed by atoms with Gasteiger partial charge in [-0.1, -0.05) is 43.7 Å². The van der Waals surface area contributed by atoms with Crippen molar-refractivity contribution in [1.82, 2.24) is 10.2 Å². The van der Waals surface area contributed by atoms with Crippen LogP contribution < -0.4 is 5.32 Å². The molecule has 122 valence electrons. The number of nitrogens with zero attached hydrogens (tertiary/aromatic N) is 1. The molecule has 22 heavy (non-hydrogen) atoms. The number of carbonyl (C=O) groups excluding carboxylic acids is 1. The number of benzene rings is 1. The molecule has 1 saturated heterocycles. The molecule has 1 aromatic carbocycles. The molecule has 0 saturated carbocycles. The third kappa shape index (κ3) is 5.11. The number of rotatable bonds is 7. The molecule has 2 unspecified atom stereocenters. The second-order valence-corrected chi connectivity index (χ2v) is 6.13. The van der Waals surface area contributed by atoms with Crippen molar-refractivity contribution in [1.29, 1.82) is 0 Å². The highest BCUT2D eigenvalue weighted by molar-refractivity contribution is 5.72. The third-order valence-corrected chi connectivity index (χ3v) is 4.33. The van der Waals surface area contributed by atoms with Crippen molar-refractivity contribution >= 4 is 5.97 Å². The van der Waals surface area contributed by atoms with Crippen LogP contribution in [0.2, 0.25) is 0 Å². The fraction of sp³-hybridized carbons (Fsp3) is 0.611. The zero-order chi connectivity index (χ0) is 15.8. The minimum atomic E-state index is -0.0762. The molecule has 4 nitrogen and oxygen atoms in total. The number of esters is 1. The average molecular weight is 304 g/mol. The first-order chi connectivity index (χ1) is 10.7. The van der Waals surface area contributed by atoms with Crippen LogP contribution >= 0.6 is 0 Å². The van der Waals surface area contributed by atoms with Gasteiger partial charge in [-0.2, -0.15) is 0 Å². The molecular weight excluding hydrogens is 276 g/mol. The van der Waals surface area contributed by atoms with Gasteiger partial charge in [0.25, 0.3) is 0 Å². The molecule has 1 aliphatic heterocycles. The molecule has 2 rings (SSSR count). The maximum atomic E-state index is 11.9. The summed E-state index contributed by atoms with van der Waals surface area (Å²) < 4.78 is 4.96. The summed E-state index contributed by atoms with van der Waals surface area (Å²) in [7, 11) is 1.49. The highest BCUT2D eigenvalue weighted by Crippen LogP contribution is 2.19. The van der Waals surface area contributed by atoms with Crippen LogP contribution in [0.4, 0.5) is 0 Å². The summed E-state index contributed by atoms with van der Waals surface area (Å²) in [4.78, 5) is 14.3. The number of carbonyl (C=O) groups is 1. The lowest BCUT2D eigenvalue weighted by molar-refractivity contribution is -0.147. The van der Waals surface area contributed by atoms with Gasteiger partial charge < -0.3 is 15.0 Å². The predicted molar refractivity (Wildman–Crippen MR) is 88.5 cm³/mol. The van der Waals surface area contributed by atoms with Crippen molar-refractivity contribution in [2.45, 2.75) is 38.8 Å². The van der Waals surface area contributed by atoms with Gasteiger partial charge in [-0.25, -0.2) is 0 Å².